The lowest BCUT2D eigenvalue weighted by Crippen LogP contribution is -2.50. The average Bonchev–Trinajstić information content (AvgIpc) is 2.84. The number of fused-ring (bicyclic) bond motifs is 1. The number of nitrogens with one attached hydrogen (secondary N) is 1. The van der Waals surface area contributed by atoms with Crippen molar-refractivity contribution in [3.8, 4) is 11.8 Å². The quantitative estimate of drug-likeness (QED) is 0.249. The number of aromatic nitrogens is 2. The van der Waals surface area contributed by atoms with Gasteiger partial charge in [-0.1, -0.05) is 24.0 Å². The van der Waals surface area contributed by atoms with Crippen LogP contribution in [0, 0.1) is 11.8 Å². The number of nitrogens with zero attached hydrogens (tertiary/aromatic N) is 2. The highest BCUT2D eigenvalue weighted by Gasteiger charge is 2.43. The second-order valence-electron chi connectivity index (χ2n) is 9.02. The van der Waals surface area contributed by atoms with Crippen LogP contribution in [0.2, 0.25) is 0 Å². The van der Waals surface area contributed by atoms with E-state index in [1.807, 2.05) is 24.3 Å². The predicted molar refractivity (Wildman–Crippen MR) is 131 cm³/mol. The molecule has 1 atom stereocenters. The first-order valence-electron chi connectivity index (χ1n) is 11.0. The van der Waals surface area contributed by atoms with Crippen molar-refractivity contribution in [2.75, 3.05) is 19.5 Å². The van der Waals surface area contributed by atoms with Gasteiger partial charge in [-0.2, -0.15) is 0 Å². The van der Waals surface area contributed by atoms with E-state index in [0.717, 1.165) is 17.4 Å². The van der Waals surface area contributed by atoms with E-state index in [-0.39, 0.29) is 26.2 Å². The molecule has 1 aliphatic heterocycles. The lowest BCUT2D eigenvalue weighted by molar-refractivity contribution is -0.184. The monoisotopic (exact) mass is 511 g/mol. The molecule has 0 aliphatic carbocycles. The molecule has 0 radical (unpaired) electrons. The maximum Gasteiger partial charge on any atom is 0.264 e. The van der Waals surface area contributed by atoms with E-state index in [1.165, 1.54) is 23.3 Å². The Labute approximate surface area is 207 Å². The maximum absolute atomic E-state index is 12.9. The third-order valence-corrected chi connectivity index (χ3v) is 8.54. The first-order chi connectivity index (χ1) is 17.0. The summed E-state index contributed by atoms with van der Waals surface area (Å²) in [6.45, 7) is 1.64. The normalized spacial score (nSPS) is 16.3. The number of aryl methyl sites for hydroxylation is 1. The summed E-state index contributed by atoms with van der Waals surface area (Å²) in [5.74, 6) is 5.01. The van der Waals surface area contributed by atoms with Crippen LogP contribution in [0.1, 0.15) is 30.0 Å². The van der Waals surface area contributed by atoms with E-state index in [1.54, 1.807) is 18.2 Å². The van der Waals surface area contributed by atoms with Crippen LogP contribution < -0.4 is 11.0 Å². The van der Waals surface area contributed by atoms with Crippen LogP contribution in [0.25, 0.3) is 10.9 Å². The van der Waals surface area contributed by atoms with Gasteiger partial charge in [0.25, 0.3) is 11.5 Å². The van der Waals surface area contributed by atoms with Gasteiger partial charge in [-0.05, 0) is 49.2 Å². The van der Waals surface area contributed by atoms with E-state index in [9.17, 15) is 23.1 Å². The van der Waals surface area contributed by atoms with E-state index in [2.05, 4.69) is 16.8 Å². The van der Waals surface area contributed by atoms with Gasteiger partial charge >= 0.3 is 0 Å². The lowest BCUT2D eigenvalue weighted by atomic mass is 9.91. The molecule has 4 rings (SSSR count). The van der Waals surface area contributed by atoms with Crippen molar-refractivity contribution < 1.29 is 28.3 Å². The number of amides is 1. The molecule has 36 heavy (non-hydrogen) atoms. The second kappa shape index (κ2) is 9.48. The molecule has 11 heteroatoms. The van der Waals surface area contributed by atoms with Crippen LogP contribution in [-0.2, 0) is 31.5 Å². The zero-order chi connectivity index (χ0) is 26.1. The molecule has 188 valence electrons. The standard InChI is InChI=1S/C25H25N3O7S/c1-24(23(30)27-32,36(2,33)34)11-12-28-16-26-21-13-18(7-10-20(21)22(28)29)4-3-17-5-8-19(9-6-17)25(31)14-35-15-25/h5-10,13,16,31-32H,11-12,14-15H2,1-2H3,(H,27,30). The van der Waals surface area contributed by atoms with Crippen molar-refractivity contribution in [3.05, 3.63) is 75.8 Å². The highest BCUT2D eigenvalue weighted by Crippen LogP contribution is 2.29. The van der Waals surface area contributed by atoms with E-state index in [4.69, 9.17) is 9.94 Å². The number of aliphatic hydroxyl groups is 1. The zero-order valence-corrected chi connectivity index (χ0v) is 20.5. The van der Waals surface area contributed by atoms with Crippen molar-refractivity contribution >= 4 is 26.6 Å². The number of carbonyl (C=O) groups is 1. The van der Waals surface area contributed by atoms with Gasteiger partial charge in [-0.3, -0.25) is 19.4 Å². The molecule has 1 unspecified atom stereocenters. The molecule has 1 aromatic heterocycles. The van der Waals surface area contributed by atoms with E-state index < -0.39 is 31.7 Å². The van der Waals surface area contributed by atoms with Gasteiger partial charge < -0.3 is 9.84 Å². The number of hydrogen-bond acceptors (Lipinski definition) is 8. The van der Waals surface area contributed by atoms with Gasteiger partial charge in [0.15, 0.2) is 14.6 Å². The summed E-state index contributed by atoms with van der Waals surface area (Å²) in [7, 11) is -3.89. The fraction of sp³-hybridized carbons (Fsp3) is 0.320. The van der Waals surface area contributed by atoms with E-state index in [0.29, 0.717) is 16.5 Å². The topological polar surface area (TPSA) is 148 Å². The highest BCUT2D eigenvalue weighted by molar-refractivity contribution is 7.92. The van der Waals surface area contributed by atoms with Crippen molar-refractivity contribution in [3.63, 3.8) is 0 Å². The third kappa shape index (κ3) is 4.76. The Bertz CT molecular complexity index is 1550. The summed E-state index contributed by atoms with van der Waals surface area (Å²) in [5, 5.41) is 19.6. The maximum atomic E-state index is 12.9. The third-order valence-electron chi connectivity index (χ3n) is 6.51. The minimum atomic E-state index is -3.89. The van der Waals surface area contributed by atoms with Gasteiger partial charge in [0.2, 0.25) is 0 Å². The second-order valence-corrected chi connectivity index (χ2v) is 11.5. The van der Waals surface area contributed by atoms with Crippen LogP contribution in [0.5, 0.6) is 0 Å². The molecule has 3 N–H and O–H groups in total. The van der Waals surface area contributed by atoms with E-state index >= 15 is 0 Å². The summed E-state index contributed by atoms with van der Waals surface area (Å²) >= 11 is 0. The zero-order valence-electron chi connectivity index (χ0n) is 19.7. The average molecular weight is 512 g/mol. The van der Waals surface area contributed by atoms with Crippen molar-refractivity contribution in [2.24, 2.45) is 0 Å². The van der Waals surface area contributed by atoms with Crippen molar-refractivity contribution in [1.29, 1.82) is 0 Å². The van der Waals surface area contributed by atoms with Gasteiger partial charge in [0.1, 0.15) is 5.60 Å². The first kappa shape index (κ1) is 25.5. The minimum absolute atomic E-state index is 0.0996. The molecule has 2 heterocycles. The molecule has 1 amide bonds. The van der Waals surface area contributed by atoms with Gasteiger partial charge in [0.05, 0.1) is 30.4 Å². The molecule has 10 nitrogen and oxygen atoms in total. The summed E-state index contributed by atoms with van der Waals surface area (Å²) in [6, 6.07) is 12.2. The number of benzene rings is 2. The smallest absolute Gasteiger partial charge is 0.264 e. The van der Waals surface area contributed by atoms with Crippen LogP contribution in [0.15, 0.2) is 53.6 Å². The van der Waals surface area contributed by atoms with Crippen LogP contribution in [-0.4, -0.2) is 58.4 Å². The summed E-state index contributed by atoms with van der Waals surface area (Å²) in [5.41, 5.74) is 2.66. The Balaban J connectivity index is 1.54. The highest BCUT2D eigenvalue weighted by atomic mass is 32.2. The molecule has 1 aliphatic rings. The SMILES string of the molecule is CC(CCn1cnc2cc(C#Cc3ccc(C4(O)COC4)cc3)ccc2c1=O)(C(=O)NO)S(C)(=O)=O. The van der Waals surface area contributed by atoms with Crippen LogP contribution in [0.4, 0.5) is 0 Å². The Hall–Kier alpha value is -3.56. The van der Waals surface area contributed by atoms with Crippen molar-refractivity contribution in [1.82, 2.24) is 15.0 Å². The molecule has 1 fully saturated rings. The fourth-order valence-corrected chi connectivity index (χ4v) is 4.63. The molecule has 0 saturated carbocycles. The number of carbonyl (C=O) groups excluding carboxylic acids is 1. The van der Waals surface area contributed by atoms with Crippen LogP contribution >= 0.6 is 0 Å². The lowest BCUT2D eigenvalue weighted by Gasteiger charge is -2.36. The fourth-order valence-electron chi connectivity index (χ4n) is 3.78. The Kier molecular flexibility index (Phi) is 6.72. The number of hydrogen-bond donors (Lipinski definition) is 3. The summed E-state index contributed by atoms with van der Waals surface area (Å²) in [4.78, 5) is 29.2. The van der Waals surface area contributed by atoms with Gasteiger partial charge in [0, 0.05) is 23.9 Å². The molecule has 0 spiro atoms. The molecule has 1 saturated heterocycles. The number of hydroxylamine groups is 1. The Morgan fingerprint density at radius 1 is 1.19 bits per heavy atom. The molecule has 3 aromatic rings. The summed E-state index contributed by atoms with van der Waals surface area (Å²) < 4.78 is 28.7. The molecule has 0 bridgehead atoms. The van der Waals surface area contributed by atoms with Gasteiger partial charge in [-0.15, -0.1) is 0 Å². The predicted octanol–water partition coefficient (Wildman–Crippen LogP) is 0.713. The molecular weight excluding hydrogens is 486 g/mol. The Morgan fingerprint density at radius 2 is 1.83 bits per heavy atom. The molecular formula is C25H25N3O7S. The minimum Gasteiger partial charge on any atom is -0.380 e. The number of rotatable bonds is 6. The molecule has 2 aromatic carbocycles. The first-order valence-corrected chi connectivity index (χ1v) is 12.9. The van der Waals surface area contributed by atoms with Crippen LogP contribution in [0.3, 0.4) is 0 Å². The number of sulfone groups is 1. The largest absolute Gasteiger partial charge is 0.380 e. The Morgan fingerprint density at radius 3 is 2.42 bits per heavy atom. The van der Waals surface area contributed by atoms with Gasteiger partial charge in [-0.25, -0.2) is 18.9 Å². The number of ether oxygens (including phenoxy) is 1. The van der Waals surface area contributed by atoms with Crippen molar-refractivity contribution in [2.45, 2.75) is 30.2 Å². The summed E-state index contributed by atoms with van der Waals surface area (Å²) in [6.07, 6.45) is 1.94.